The fourth-order valence-electron chi connectivity index (χ4n) is 2.80. The van der Waals surface area contributed by atoms with Crippen molar-refractivity contribution in [2.75, 3.05) is 26.3 Å². The largest absolute Gasteiger partial charge is 0.378 e. The van der Waals surface area contributed by atoms with Gasteiger partial charge in [-0.3, -0.25) is 0 Å². The van der Waals surface area contributed by atoms with E-state index in [-0.39, 0.29) is 4.90 Å². The van der Waals surface area contributed by atoms with Crippen molar-refractivity contribution in [1.29, 1.82) is 0 Å². The number of nitrogens with zero attached hydrogens (tertiary/aromatic N) is 2. The molecule has 1 fully saturated rings. The molecule has 0 N–H and O–H groups in total. The molecule has 0 saturated carbocycles. The van der Waals surface area contributed by atoms with Gasteiger partial charge in [0, 0.05) is 18.7 Å². The van der Waals surface area contributed by atoms with Crippen molar-refractivity contribution in [1.82, 2.24) is 4.90 Å². The number of aryl methyl sites for hydroxylation is 2. The van der Waals surface area contributed by atoms with Crippen LogP contribution in [0.5, 0.6) is 0 Å². The van der Waals surface area contributed by atoms with Crippen LogP contribution in [0.3, 0.4) is 0 Å². The summed E-state index contributed by atoms with van der Waals surface area (Å²) < 4.78 is 35.6. The molecule has 132 valence electrons. The maximum atomic E-state index is 13.0. The molecule has 6 heteroatoms. The Labute approximate surface area is 149 Å². The number of amidine groups is 1. The first-order valence-electron chi connectivity index (χ1n) is 8.28. The van der Waals surface area contributed by atoms with Crippen LogP contribution in [0.4, 0.5) is 0 Å². The van der Waals surface area contributed by atoms with Gasteiger partial charge >= 0.3 is 0 Å². The molecule has 1 heterocycles. The third-order valence-electron chi connectivity index (χ3n) is 4.17. The molecule has 0 spiro atoms. The fraction of sp³-hybridized carbons (Fsp3) is 0.316. The number of ether oxygens (including phenoxy) is 1. The van der Waals surface area contributed by atoms with Gasteiger partial charge in [0.05, 0.1) is 18.1 Å². The zero-order chi connectivity index (χ0) is 17.9. The number of benzene rings is 2. The van der Waals surface area contributed by atoms with Crippen LogP contribution >= 0.6 is 0 Å². The van der Waals surface area contributed by atoms with E-state index in [2.05, 4.69) is 4.40 Å². The number of hydrogen-bond donors (Lipinski definition) is 0. The van der Waals surface area contributed by atoms with E-state index in [1.54, 1.807) is 13.0 Å². The topological polar surface area (TPSA) is 59.0 Å². The standard InChI is InChI=1S/C19H22N2O3S/c1-15-8-9-16(2)18(14-15)25(22,23)20-19(17-6-4-3-5-7-17)21-10-12-24-13-11-21/h3-9,14H,10-13H2,1-2H3. The van der Waals surface area contributed by atoms with Crippen molar-refractivity contribution in [3.05, 3.63) is 65.2 Å². The van der Waals surface area contributed by atoms with Crippen LogP contribution in [0.2, 0.25) is 0 Å². The molecule has 0 aliphatic carbocycles. The van der Waals surface area contributed by atoms with Crippen LogP contribution in [0.15, 0.2) is 57.8 Å². The van der Waals surface area contributed by atoms with Crippen LogP contribution in [-0.4, -0.2) is 45.5 Å². The van der Waals surface area contributed by atoms with Gasteiger partial charge in [0.15, 0.2) is 0 Å². The van der Waals surface area contributed by atoms with Crippen LogP contribution in [0, 0.1) is 13.8 Å². The minimum Gasteiger partial charge on any atom is -0.378 e. The van der Waals surface area contributed by atoms with Crippen LogP contribution in [0.1, 0.15) is 16.7 Å². The highest BCUT2D eigenvalue weighted by molar-refractivity contribution is 7.90. The molecular formula is C19H22N2O3S. The van der Waals surface area contributed by atoms with Crippen molar-refractivity contribution < 1.29 is 13.2 Å². The lowest BCUT2D eigenvalue weighted by Gasteiger charge is -2.29. The lowest BCUT2D eigenvalue weighted by molar-refractivity contribution is 0.0683. The van der Waals surface area contributed by atoms with Gasteiger partial charge in [-0.25, -0.2) is 0 Å². The highest BCUT2D eigenvalue weighted by Crippen LogP contribution is 2.21. The first-order chi connectivity index (χ1) is 12.0. The quantitative estimate of drug-likeness (QED) is 0.625. The normalized spacial score (nSPS) is 16.1. The van der Waals surface area contributed by atoms with Gasteiger partial charge in [0.25, 0.3) is 10.0 Å². The maximum absolute atomic E-state index is 13.0. The summed E-state index contributed by atoms with van der Waals surface area (Å²) in [5.74, 6) is 0.477. The Morgan fingerprint density at radius 3 is 2.40 bits per heavy atom. The zero-order valence-corrected chi connectivity index (χ0v) is 15.3. The van der Waals surface area contributed by atoms with Crippen molar-refractivity contribution in [3.8, 4) is 0 Å². The van der Waals surface area contributed by atoms with E-state index in [0.29, 0.717) is 37.7 Å². The molecule has 0 bridgehead atoms. The number of hydrogen-bond acceptors (Lipinski definition) is 3. The minimum atomic E-state index is -3.80. The molecule has 0 radical (unpaired) electrons. The summed E-state index contributed by atoms with van der Waals surface area (Å²) in [6.07, 6.45) is 0. The number of morpholine rings is 1. The van der Waals surface area contributed by atoms with Crippen LogP contribution in [0.25, 0.3) is 0 Å². The molecule has 0 unspecified atom stereocenters. The second kappa shape index (κ2) is 7.37. The number of sulfonamides is 1. The maximum Gasteiger partial charge on any atom is 0.284 e. The Morgan fingerprint density at radius 1 is 1.04 bits per heavy atom. The first kappa shape index (κ1) is 17.6. The first-order valence-corrected chi connectivity index (χ1v) is 9.72. The summed E-state index contributed by atoms with van der Waals surface area (Å²) in [5, 5.41) is 0. The summed E-state index contributed by atoms with van der Waals surface area (Å²) in [5.41, 5.74) is 2.38. The smallest absolute Gasteiger partial charge is 0.284 e. The predicted molar refractivity (Wildman–Crippen MR) is 98.5 cm³/mol. The van der Waals surface area contributed by atoms with Crippen LogP contribution < -0.4 is 0 Å². The van der Waals surface area contributed by atoms with E-state index in [4.69, 9.17) is 4.74 Å². The number of rotatable bonds is 3. The van der Waals surface area contributed by atoms with E-state index in [0.717, 1.165) is 11.1 Å². The second-order valence-electron chi connectivity index (χ2n) is 6.12. The van der Waals surface area contributed by atoms with Crippen LogP contribution in [-0.2, 0) is 14.8 Å². The zero-order valence-electron chi connectivity index (χ0n) is 14.5. The molecule has 25 heavy (non-hydrogen) atoms. The Morgan fingerprint density at radius 2 is 1.72 bits per heavy atom. The molecule has 1 aliphatic heterocycles. The second-order valence-corrected chi connectivity index (χ2v) is 7.70. The van der Waals surface area contributed by atoms with E-state index >= 15 is 0 Å². The van der Waals surface area contributed by atoms with Gasteiger partial charge in [-0.05, 0) is 31.0 Å². The summed E-state index contributed by atoms with van der Waals surface area (Å²) in [7, 11) is -3.80. The summed E-state index contributed by atoms with van der Waals surface area (Å²) in [4.78, 5) is 2.23. The average molecular weight is 358 g/mol. The SMILES string of the molecule is Cc1ccc(C)c(S(=O)(=O)N=C(c2ccccc2)N2CCOCC2)c1. The van der Waals surface area contributed by atoms with Gasteiger partial charge in [-0.2, -0.15) is 8.42 Å². The fourth-order valence-corrected chi connectivity index (χ4v) is 4.16. The van der Waals surface area contributed by atoms with E-state index in [1.165, 1.54) is 0 Å². The Kier molecular flexibility index (Phi) is 5.20. The van der Waals surface area contributed by atoms with Crippen molar-refractivity contribution in [2.45, 2.75) is 18.7 Å². The molecule has 0 atom stereocenters. The monoisotopic (exact) mass is 358 g/mol. The van der Waals surface area contributed by atoms with Crippen molar-refractivity contribution in [2.24, 2.45) is 4.40 Å². The highest BCUT2D eigenvalue weighted by atomic mass is 32.2. The molecule has 0 aromatic heterocycles. The minimum absolute atomic E-state index is 0.259. The molecule has 2 aromatic carbocycles. The highest BCUT2D eigenvalue weighted by Gasteiger charge is 2.22. The van der Waals surface area contributed by atoms with E-state index in [9.17, 15) is 8.42 Å². The lowest BCUT2D eigenvalue weighted by Crippen LogP contribution is -2.41. The van der Waals surface area contributed by atoms with Gasteiger partial charge in [-0.1, -0.05) is 42.5 Å². The summed E-state index contributed by atoms with van der Waals surface area (Å²) in [6, 6.07) is 14.8. The van der Waals surface area contributed by atoms with Gasteiger partial charge in [-0.15, -0.1) is 4.40 Å². The third-order valence-corrected chi connectivity index (χ3v) is 5.58. The van der Waals surface area contributed by atoms with E-state index < -0.39 is 10.0 Å². The van der Waals surface area contributed by atoms with Crippen molar-refractivity contribution >= 4 is 15.9 Å². The third kappa shape index (κ3) is 4.08. The predicted octanol–water partition coefficient (Wildman–Crippen LogP) is 2.77. The van der Waals surface area contributed by atoms with E-state index in [1.807, 2.05) is 54.3 Å². The lowest BCUT2D eigenvalue weighted by atomic mass is 10.2. The van der Waals surface area contributed by atoms with Gasteiger partial charge in [0.1, 0.15) is 5.84 Å². The summed E-state index contributed by atoms with van der Waals surface area (Å²) in [6.45, 7) is 6.04. The van der Waals surface area contributed by atoms with Crippen molar-refractivity contribution in [3.63, 3.8) is 0 Å². The Hall–Kier alpha value is -2.18. The van der Waals surface area contributed by atoms with Gasteiger partial charge in [0.2, 0.25) is 0 Å². The Balaban J connectivity index is 2.09. The molecule has 3 rings (SSSR count). The summed E-state index contributed by atoms with van der Waals surface area (Å²) >= 11 is 0. The Bertz CT molecular complexity index is 871. The molecule has 1 aliphatic rings. The average Bonchev–Trinajstić information content (AvgIpc) is 2.63. The van der Waals surface area contributed by atoms with Gasteiger partial charge < -0.3 is 9.64 Å². The molecular weight excluding hydrogens is 336 g/mol. The molecule has 0 amide bonds. The molecule has 5 nitrogen and oxygen atoms in total. The molecule has 2 aromatic rings. The molecule has 1 saturated heterocycles.